The fourth-order valence-corrected chi connectivity index (χ4v) is 3.18. The number of esters is 2. The number of rotatable bonds is 19. The molecule has 0 amide bonds. The zero-order valence-electron chi connectivity index (χ0n) is 27.5. The van der Waals surface area contributed by atoms with Crippen LogP contribution in [0.25, 0.3) is 0 Å². The van der Waals surface area contributed by atoms with Gasteiger partial charge in [0, 0.05) is 31.4 Å². The van der Waals surface area contributed by atoms with Crippen molar-refractivity contribution in [1.29, 1.82) is 0 Å². The summed E-state index contributed by atoms with van der Waals surface area (Å²) in [5, 5.41) is 9.24. The van der Waals surface area contributed by atoms with Crippen molar-refractivity contribution in [2.75, 3.05) is 52.9 Å². The van der Waals surface area contributed by atoms with Gasteiger partial charge >= 0.3 is 17.9 Å². The van der Waals surface area contributed by atoms with Gasteiger partial charge in [-0.1, -0.05) is 46.3 Å². The zero-order chi connectivity index (χ0) is 33.9. The second-order valence-corrected chi connectivity index (χ2v) is 12.0. The van der Waals surface area contributed by atoms with E-state index in [9.17, 15) is 19.2 Å². The lowest BCUT2D eigenvalue weighted by Gasteiger charge is -2.19. The molecule has 1 rings (SSSR count). The van der Waals surface area contributed by atoms with Crippen molar-refractivity contribution in [2.45, 2.75) is 90.7 Å². The lowest BCUT2D eigenvalue weighted by atomic mass is 10.2. The van der Waals surface area contributed by atoms with Crippen molar-refractivity contribution in [2.24, 2.45) is 0 Å². The molecule has 12 heteroatoms. The zero-order valence-corrected chi connectivity index (χ0v) is 29.1. The van der Waals surface area contributed by atoms with Gasteiger partial charge in [-0.05, 0) is 66.9 Å². The average Bonchev–Trinajstić information content (AvgIpc) is 2.90. The summed E-state index contributed by atoms with van der Waals surface area (Å²) in [7, 11) is 0. The van der Waals surface area contributed by atoms with E-state index in [1.165, 1.54) is 12.5 Å². The maximum absolute atomic E-state index is 11.3. The number of carboxylic acids is 1. The molecule has 0 aromatic heterocycles. The molecule has 0 saturated carbocycles. The highest BCUT2D eigenvalue weighted by Crippen LogP contribution is 2.10. The number of aliphatic carboxylic acids is 1. The molecule has 0 aliphatic heterocycles. The van der Waals surface area contributed by atoms with Crippen LogP contribution in [0.1, 0.15) is 79.7 Å². The Balaban J connectivity index is 0. The number of benzene rings is 1. The first kappa shape index (κ1) is 43.7. The maximum atomic E-state index is 11.3. The number of carbonyl (C=O) groups is 4. The molecule has 0 atom stereocenters. The predicted molar refractivity (Wildman–Crippen MR) is 171 cm³/mol. The van der Waals surface area contributed by atoms with E-state index >= 15 is 0 Å². The van der Waals surface area contributed by atoms with E-state index in [2.05, 4.69) is 28.1 Å². The Bertz CT molecular complexity index is 840. The molecule has 0 spiro atoms. The minimum atomic E-state index is -1.00. The van der Waals surface area contributed by atoms with Crippen molar-refractivity contribution in [3.05, 3.63) is 35.9 Å². The topological polar surface area (TPSA) is 144 Å². The van der Waals surface area contributed by atoms with Gasteiger partial charge in [0.15, 0.2) is 5.78 Å². The van der Waals surface area contributed by atoms with Crippen LogP contribution < -0.4 is 0 Å². The summed E-state index contributed by atoms with van der Waals surface area (Å²) in [4.78, 5) is 43.3. The monoisotopic (exact) mass is 692 g/mol. The smallest absolute Gasteiger partial charge is 0.329 e. The van der Waals surface area contributed by atoms with Crippen LogP contribution in [0.15, 0.2) is 30.3 Å². The molecule has 0 aliphatic rings. The summed E-state index contributed by atoms with van der Waals surface area (Å²) in [6.45, 7) is 14.6. The largest absolute Gasteiger partial charge is 0.480 e. The van der Waals surface area contributed by atoms with Gasteiger partial charge in [0.1, 0.15) is 24.4 Å². The Morgan fingerprint density at radius 2 is 1.07 bits per heavy atom. The number of carbonyl (C=O) groups excluding carboxylic acids is 3. The fourth-order valence-electron chi connectivity index (χ4n) is 2.80. The number of alkyl halides is 1. The Morgan fingerprint density at radius 3 is 1.41 bits per heavy atom. The molecule has 1 aromatic rings. The third kappa shape index (κ3) is 37.6. The number of ether oxygens (including phenoxy) is 6. The number of halogens is 1. The molecule has 0 radical (unpaired) electrons. The molecule has 0 unspecified atom stereocenters. The number of carboxylic acid groups (broad SMARTS) is 1. The molecular formula is C32H53BrO11. The van der Waals surface area contributed by atoms with Crippen molar-refractivity contribution < 1.29 is 52.7 Å². The van der Waals surface area contributed by atoms with Gasteiger partial charge in [0.05, 0.1) is 26.4 Å². The van der Waals surface area contributed by atoms with Crippen LogP contribution in [0.2, 0.25) is 0 Å². The normalized spacial score (nSPS) is 10.9. The lowest BCUT2D eigenvalue weighted by Crippen LogP contribution is -2.23. The van der Waals surface area contributed by atoms with Gasteiger partial charge in [-0.3, -0.25) is 14.4 Å². The first-order valence-electron chi connectivity index (χ1n) is 14.6. The molecule has 0 aliphatic carbocycles. The second kappa shape index (κ2) is 27.0. The van der Waals surface area contributed by atoms with E-state index in [-0.39, 0.29) is 37.5 Å². The summed E-state index contributed by atoms with van der Waals surface area (Å²) >= 11 is 3.36. The summed E-state index contributed by atoms with van der Waals surface area (Å²) in [6, 6.07) is 10.3. The van der Waals surface area contributed by atoms with E-state index in [1.54, 1.807) is 0 Å². The number of hydrogen-bond acceptors (Lipinski definition) is 10. The SMILES string of the molecule is BrCc1ccccc1.CC(=O)COCCOCCCC(=O)OC(C)(C)C.CC(C)(C)OC(=O)CCCOCCOCC(=O)O. The van der Waals surface area contributed by atoms with Crippen LogP contribution in [0.4, 0.5) is 0 Å². The Hall–Kier alpha value is -2.38. The number of ketones is 1. The lowest BCUT2D eigenvalue weighted by molar-refractivity contribution is -0.156. The van der Waals surface area contributed by atoms with Gasteiger partial charge in [-0.15, -0.1) is 0 Å². The summed E-state index contributed by atoms with van der Waals surface area (Å²) in [5.41, 5.74) is 0.439. The quantitative estimate of drug-likeness (QED) is 0.111. The van der Waals surface area contributed by atoms with Crippen molar-refractivity contribution in [1.82, 2.24) is 0 Å². The van der Waals surface area contributed by atoms with Crippen LogP contribution >= 0.6 is 15.9 Å². The van der Waals surface area contributed by atoms with Gasteiger partial charge in [-0.25, -0.2) is 4.79 Å². The third-order valence-electron chi connectivity index (χ3n) is 4.45. The van der Waals surface area contributed by atoms with Crippen LogP contribution in [0, 0.1) is 0 Å². The maximum Gasteiger partial charge on any atom is 0.329 e. The first-order chi connectivity index (χ1) is 20.6. The highest BCUT2D eigenvalue weighted by Gasteiger charge is 2.16. The van der Waals surface area contributed by atoms with E-state index in [4.69, 9.17) is 33.5 Å². The number of Topliss-reactive ketones (excluding diaryl/α,β-unsaturated/α-hetero) is 1. The average molecular weight is 694 g/mol. The standard InChI is InChI=1S/C13H24O5.C12H22O6.C7H7Br/c1-11(14)10-17-9-8-16-7-5-6-12(15)18-13(2,3)4;1-12(2,3)18-11(15)5-4-6-16-7-8-17-9-10(13)14;8-6-7-4-2-1-3-5-7/h5-10H2,1-4H3;4-9H2,1-3H3,(H,13,14);1-5H,6H2. The van der Waals surface area contributed by atoms with Gasteiger partial charge < -0.3 is 33.5 Å². The van der Waals surface area contributed by atoms with Crippen LogP contribution in [0.3, 0.4) is 0 Å². The van der Waals surface area contributed by atoms with Gasteiger partial charge in [0.25, 0.3) is 0 Å². The van der Waals surface area contributed by atoms with Gasteiger partial charge in [-0.2, -0.15) is 0 Å². The van der Waals surface area contributed by atoms with Gasteiger partial charge in [0.2, 0.25) is 0 Å². The Kier molecular flexibility index (Phi) is 26.8. The highest BCUT2D eigenvalue weighted by molar-refractivity contribution is 9.08. The molecule has 0 heterocycles. The number of hydrogen-bond donors (Lipinski definition) is 1. The van der Waals surface area contributed by atoms with Crippen LogP contribution in [-0.2, 0) is 52.9 Å². The van der Waals surface area contributed by atoms with E-state index in [0.29, 0.717) is 58.7 Å². The van der Waals surface area contributed by atoms with E-state index in [0.717, 1.165) is 5.33 Å². The highest BCUT2D eigenvalue weighted by atomic mass is 79.9. The summed E-state index contributed by atoms with van der Waals surface area (Å²) in [6.07, 6.45) is 1.87. The molecule has 0 fully saturated rings. The summed E-state index contributed by atoms with van der Waals surface area (Å²) < 4.78 is 30.5. The Labute approximate surface area is 271 Å². The Morgan fingerprint density at radius 1 is 0.659 bits per heavy atom. The molecule has 254 valence electrons. The molecular weight excluding hydrogens is 640 g/mol. The first-order valence-corrected chi connectivity index (χ1v) is 15.7. The molecule has 44 heavy (non-hydrogen) atoms. The molecule has 11 nitrogen and oxygen atoms in total. The molecule has 0 saturated heterocycles. The van der Waals surface area contributed by atoms with Crippen LogP contribution in [0.5, 0.6) is 0 Å². The molecule has 0 bridgehead atoms. The van der Waals surface area contributed by atoms with Crippen molar-refractivity contribution >= 4 is 39.6 Å². The fraction of sp³-hybridized carbons (Fsp3) is 0.688. The second-order valence-electron chi connectivity index (χ2n) is 11.4. The van der Waals surface area contributed by atoms with Crippen LogP contribution in [-0.4, -0.2) is 92.9 Å². The van der Waals surface area contributed by atoms with E-state index < -0.39 is 17.2 Å². The third-order valence-corrected chi connectivity index (χ3v) is 5.10. The predicted octanol–water partition coefficient (Wildman–Crippen LogP) is 5.54. The molecule has 1 N–H and O–H groups in total. The van der Waals surface area contributed by atoms with Crippen molar-refractivity contribution in [3.63, 3.8) is 0 Å². The minimum absolute atomic E-state index is 0.0000688. The van der Waals surface area contributed by atoms with E-state index in [1.807, 2.05) is 59.7 Å². The summed E-state index contributed by atoms with van der Waals surface area (Å²) in [5.74, 6) is -1.45. The molecule has 1 aromatic carbocycles. The van der Waals surface area contributed by atoms with Crippen molar-refractivity contribution in [3.8, 4) is 0 Å². The minimum Gasteiger partial charge on any atom is -0.480 e.